The molecule has 0 aliphatic carbocycles. The summed E-state index contributed by atoms with van der Waals surface area (Å²) in [5, 5.41) is 0.951. The van der Waals surface area contributed by atoms with E-state index in [2.05, 4.69) is 14.9 Å². The topological polar surface area (TPSA) is 91.8 Å². The van der Waals surface area contributed by atoms with E-state index < -0.39 is 17.7 Å². The van der Waals surface area contributed by atoms with Gasteiger partial charge < -0.3 is 19.4 Å². The molecule has 2 aromatic carbocycles. The molecule has 1 fully saturated rings. The number of anilines is 1. The number of nitrogens with zero attached hydrogens (tertiary/aromatic N) is 6. The van der Waals surface area contributed by atoms with E-state index in [1.165, 1.54) is 17.0 Å². The van der Waals surface area contributed by atoms with Crippen molar-refractivity contribution in [3.63, 3.8) is 0 Å². The van der Waals surface area contributed by atoms with Gasteiger partial charge in [-0.1, -0.05) is 36.4 Å². The second kappa shape index (κ2) is 12.7. The number of carbonyl (C=O) groups is 2. The van der Waals surface area contributed by atoms with Gasteiger partial charge >= 0.3 is 6.09 Å². The van der Waals surface area contributed by atoms with Crippen molar-refractivity contribution in [1.82, 2.24) is 24.8 Å². The molecule has 1 saturated heterocycles. The smallest absolute Gasteiger partial charge is 0.410 e. The van der Waals surface area contributed by atoms with Crippen LogP contribution < -0.4 is 4.90 Å². The maximum absolute atomic E-state index is 14.0. The number of piperazine rings is 1. The number of fused-ring (bicyclic) bond motifs is 1. The number of hydrogen-bond acceptors (Lipinski definition) is 7. The lowest BCUT2D eigenvalue weighted by molar-refractivity contribution is -0.133. The number of aromatic nitrogens is 3. The van der Waals surface area contributed by atoms with Crippen LogP contribution in [0.1, 0.15) is 57.5 Å². The van der Waals surface area contributed by atoms with Crippen LogP contribution in [-0.4, -0.2) is 68.5 Å². The summed E-state index contributed by atoms with van der Waals surface area (Å²) in [6.45, 7) is 8.84. The zero-order valence-corrected chi connectivity index (χ0v) is 25.0. The maximum atomic E-state index is 14.0. The van der Waals surface area contributed by atoms with Crippen LogP contribution in [0.4, 0.5) is 15.1 Å². The molecular formula is C33H37FN6O3. The third-order valence-corrected chi connectivity index (χ3v) is 7.46. The predicted octanol–water partition coefficient (Wildman–Crippen LogP) is 5.94. The fraction of sp³-hybridized carbons (Fsp3) is 0.364. The molecule has 0 spiro atoms. The highest BCUT2D eigenvalue weighted by Gasteiger charge is 2.36. The van der Waals surface area contributed by atoms with Crippen molar-refractivity contribution in [2.75, 3.05) is 31.1 Å². The van der Waals surface area contributed by atoms with Crippen molar-refractivity contribution >= 4 is 28.9 Å². The van der Waals surface area contributed by atoms with Gasteiger partial charge in [0.1, 0.15) is 11.4 Å². The lowest BCUT2D eigenvalue weighted by Gasteiger charge is -2.42. The molecule has 224 valence electrons. The lowest BCUT2D eigenvalue weighted by Crippen LogP contribution is -2.52. The number of amides is 2. The van der Waals surface area contributed by atoms with Crippen LogP contribution in [-0.2, 0) is 9.53 Å². The molecule has 4 aromatic rings. The molecule has 0 bridgehead atoms. The summed E-state index contributed by atoms with van der Waals surface area (Å²) in [7, 11) is 0. The van der Waals surface area contributed by atoms with Crippen molar-refractivity contribution in [3.05, 3.63) is 96.2 Å². The first-order valence-corrected chi connectivity index (χ1v) is 14.5. The molecule has 0 N–H and O–H groups in total. The normalized spacial score (nSPS) is 16.2. The molecule has 43 heavy (non-hydrogen) atoms. The van der Waals surface area contributed by atoms with Gasteiger partial charge in [0, 0.05) is 44.0 Å². The zero-order valence-electron chi connectivity index (χ0n) is 25.0. The van der Waals surface area contributed by atoms with E-state index in [-0.39, 0.29) is 24.2 Å². The Bertz CT molecular complexity index is 1560. The summed E-state index contributed by atoms with van der Waals surface area (Å²) < 4.78 is 19.5. The van der Waals surface area contributed by atoms with Gasteiger partial charge in [-0.3, -0.25) is 9.78 Å². The van der Waals surface area contributed by atoms with Crippen molar-refractivity contribution < 1.29 is 18.7 Å². The summed E-state index contributed by atoms with van der Waals surface area (Å²) in [4.78, 5) is 46.7. The Morgan fingerprint density at radius 3 is 2.47 bits per heavy atom. The van der Waals surface area contributed by atoms with E-state index in [0.717, 1.165) is 16.6 Å². The number of pyridine rings is 1. The van der Waals surface area contributed by atoms with Crippen molar-refractivity contribution in [1.29, 1.82) is 0 Å². The van der Waals surface area contributed by atoms with Crippen LogP contribution in [0.15, 0.2) is 79.1 Å². The van der Waals surface area contributed by atoms with Gasteiger partial charge in [-0.25, -0.2) is 19.2 Å². The molecule has 5 rings (SSSR count). The van der Waals surface area contributed by atoms with E-state index in [4.69, 9.17) is 9.72 Å². The second-order valence-electron chi connectivity index (χ2n) is 11.6. The highest BCUT2D eigenvalue weighted by molar-refractivity contribution is 5.80. The molecule has 9 nitrogen and oxygen atoms in total. The molecule has 2 aromatic heterocycles. The van der Waals surface area contributed by atoms with E-state index in [1.54, 1.807) is 44.0 Å². The van der Waals surface area contributed by atoms with E-state index in [1.807, 2.05) is 55.6 Å². The highest BCUT2D eigenvalue weighted by atomic mass is 19.1. The van der Waals surface area contributed by atoms with Gasteiger partial charge in [0.25, 0.3) is 0 Å². The molecule has 1 aliphatic rings. The number of carbonyl (C=O) groups excluding carboxylic acids is 2. The fourth-order valence-corrected chi connectivity index (χ4v) is 5.36. The molecule has 3 heterocycles. The van der Waals surface area contributed by atoms with E-state index in [0.29, 0.717) is 37.7 Å². The van der Waals surface area contributed by atoms with Crippen molar-refractivity contribution in [3.8, 4) is 0 Å². The van der Waals surface area contributed by atoms with Gasteiger partial charge in [0.2, 0.25) is 11.9 Å². The SMILES string of the molecule is CCN(C(=O)OC(C)(C)C)[C@H](CC(=O)N1CCN(c2ncc3ccccc3n2)[C@@H](c2ccccn2)C1)c1ccc(F)cc1. The number of rotatable bonds is 7. The van der Waals surface area contributed by atoms with Gasteiger partial charge in [-0.2, -0.15) is 0 Å². The average Bonchev–Trinajstić information content (AvgIpc) is 3.00. The second-order valence-corrected chi connectivity index (χ2v) is 11.6. The van der Waals surface area contributed by atoms with Gasteiger partial charge in [0.15, 0.2) is 0 Å². The number of halogens is 1. The summed E-state index contributed by atoms with van der Waals surface area (Å²) in [5.74, 6) is 0.0587. The summed E-state index contributed by atoms with van der Waals surface area (Å²) in [6, 6.07) is 18.5. The molecule has 2 amide bonds. The molecule has 0 saturated carbocycles. The molecule has 2 atom stereocenters. The Kier molecular flexibility index (Phi) is 8.84. The van der Waals surface area contributed by atoms with Crippen molar-refractivity contribution in [2.24, 2.45) is 0 Å². The quantitative estimate of drug-likeness (QED) is 0.265. The summed E-state index contributed by atoms with van der Waals surface area (Å²) in [6.07, 6.45) is 3.04. The number of hydrogen-bond donors (Lipinski definition) is 0. The first kappa shape index (κ1) is 29.9. The molecule has 10 heteroatoms. The van der Waals surface area contributed by atoms with Gasteiger partial charge in [0.05, 0.1) is 29.7 Å². The first-order valence-electron chi connectivity index (χ1n) is 14.5. The number of ether oxygens (including phenoxy) is 1. The summed E-state index contributed by atoms with van der Waals surface area (Å²) >= 11 is 0. The monoisotopic (exact) mass is 584 g/mol. The molecule has 0 radical (unpaired) electrons. The summed E-state index contributed by atoms with van der Waals surface area (Å²) in [5.41, 5.74) is 1.59. The highest BCUT2D eigenvalue weighted by Crippen LogP contribution is 2.32. The minimum Gasteiger partial charge on any atom is -0.444 e. The van der Waals surface area contributed by atoms with Crippen LogP contribution in [0.5, 0.6) is 0 Å². The van der Waals surface area contributed by atoms with Crippen LogP contribution in [0, 0.1) is 5.82 Å². The minimum atomic E-state index is -0.709. The van der Waals surface area contributed by atoms with E-state index in [9.17, 15) is 14.0 Å². The van der Waals surface area contributed by atoms with Crippen LogP contribution in [0.2, 0.25) is 0 Å². The Morgan fingerprint density at radius 2 is 1.77 bits per heavy atom. The fourth-order valence-electron chi connectivity index (χ4n) is 5.36. The number of para-hydroxylation sites is 1. The number of benzene rings is 2. The van der Waals surface area contributed by atoms with Crippen molar-refractivity contribution in [2.45, 2.75) is 51.8 Å². The largest absolute Gasteiger partial charge is 0.444 e. The Morgan fingerprint density at radius 1 is 1.02 bits per heavy atom. The van der Waals surface area contributed by atoms with Crippen LogP contribution in [0.25, 0.3) is 10.9 Å². The van der Waals surface area contributed by atoms with Crippen LogP contribution in [0.3, 0.4) is 0 Å². The molecule has 1 aliphatic heterocycles. The Balaban J connectivity index is 1.42. The lowest BCUT2D eigenvalue weighted by atomic mass is 10.00. The first-order chi connectivity index (χ1) is 20.6. The Hall–Kier alpha value is -4.60. The van der Waals surface area contributed by atoms with E-state index >= 15 is 0 Å². The predicted molar refractivity (Wildman–Crippen MR) is 163 cm³/mol. The maximum Gasteiger partial charge on any atom is 0.410 e. The average molecular weight is 585 g/mol. The minimum absolute atomic E-state index is 0.0140. The van der Waals surface area contributed by atoms with Crippen LogP contribution >= 0.6 is 0 Å². The third-order valence-electron chi connectivity index (χ3n) is 7.46. The standard InChI is InChI=1S/C33H37FN6O3/c1-5-39(32(42)43-33(2,3)4)28(23-13-15-25(34)16-14-23)20-30(41)38-18-19-40(29(22-38)27-12-8-9-17-35-27)31-36-21-24-10-6-7-11-26(24)37-31/h6-17,21,28-29H,5,18-20,22H2,1-4H3/t28-,29-/m1/s1. The molecule has 0 unspecified atom stereocenters. The molecular weight excluding hydrogens is 547 g/mol. The van der Waals surface area contributed by atoms with Gasteiger partial charge in [-0.05, 0) is 63.6 Å². The Labute approximate surface area is 251 Å². The zero-order chi connectivity index (χ0) is 30.6. The van der Waals surface area contributed by atoms with Gasteiger partial charge in [-0.15, -0.1) is 0 Å². The third kappa shape index (κ3) is 7.07.